The van der Waals surface area contributed by atoms with Crippen molar-refractivity contribution in [2.45, 2.75) is 0 Å². The molecule has 1 N–H and O–H groups in total. The summed E-state index contributed by atoms with van der Waals surface area (Å²) in [4.78, 5) is 35.1. The second-order valence-electron chi connectivity index (χ2n) is 3.21. The summed E-state index contributed by atoms with van der Waals surface area (Å²) in [6.45, 7) is 0. The monoisotopic (exact) mass is 233 g/mol. The first-order valence-corrected chi connectivity index (χ1v) is 4.66. The molecule has 86 valence electrons. The van der Waals surface area contributed by atoms with Crippen LogP contribution < -0.4 is 11.2 Å². The van der Waals surface area contributed by atoms with Crippen LogP contribution in [0.15, 0.2) is 46.1 Å². The summed E-state index contributed by atoms with van der Waals surface area (Å²) in [5, 5.41) is 10.6. The standard InChI is InChI=1S/C10H7N3O4/c14-9-8(13(16)17)6-11-10(15)12(9)7-4-2-1-3-5-7/h1-6H,(H,11,15). The molecule has 0 unspecified atom stereocenters. The van der Waals surface area contributed by atoms with E-state index in [-0.39, 0.29) is 5.69 Å². The van der Waals surface area contributed by atoms with Crippen molar-refractivity contribution in [1.82, 2.24) is 9.55 Å². The molecule has 7 nitrogen and oxygen atoms in total. The molecule has 0 atom stereocenters. The van der Waals surface area contributed by atoms with Crippen LogP contribution in [0.5, 0.6) is 0 Å². The molecule has 0 aliphatic heterocycles. The van der Waals surface area contributed by atoms with Crippen molar-refractivity contribution in [3.05, 3.63) is 67.5 Å². The third-order valence-corrected chi connectivity index (χ3v) is 2.17. The van der Waals surface area contributed by atoms with Crippen molar-refractivity contribution in [1.29, 1.82) is 0 Å². The lowest BCUT2D eigenvalue weighted by molar-refractivity contribution is -0.386. The molecular weight excluding hydrogens is 226 g/mol. The topological polar surface area (TPSA) is 98.0 Å². The summed E-state index contributed by atoms with van der Waals surface area (Å²) in [6, 6.07) is 7.99. The largest absolute Gasteiger partial charge is 0.350 e. The SMILES string of the molecule is O=c1[nH]cc([N+](=O)[O-])c(=O)n1-c1ccccc1. The molecule has 0 radical (unpaired) electrons. The first kappa shape index (κ1) is 10.8. The fourth-order valence-electron chi connectivity index (χ4n) is 1.41. The lowest BCUT2D eigenvalue weighted by atomic mass is 10.3. The van der Waals surface area contributed by atoms with Gasteiger partial charge in [-0.3, -0.25) is 14.9 Å². The van der Waals surface area contributed by atoms with Crippen molar-refractivity contribution in [2.75, 3.05) is 0 Å². The highest BCUT2D eigenvalue weighted by Gasteiger charge is 2.17. The smallest absolute Gasteiger partial charge is 0.307 e. The lowest BCUT2D eigenvalue weighted by Crippen LogP contribution is -2.34. The highest BCUT2D eigenvalue weighted by molar-refractivity contribution is 5.34. The Morgan fingerprint density at radius 2 is 1.82 bits per heavy atom. The molecule has 0 spiro atoms. The Balaban J connectivity index is 2.79. The van der Waals surface area contributed by atoms with Crippen LogP contribution in [0.2, 0.25) is 0 Å². The fourth-order valence-corrected chi connectivity index (χ4v) is 1.41. The number of aromatic nitrogens is 2. The molecule has 0 saturated heterocycles. The van der Waals surface area contributed by atoms with Gasteiger partial charge in [-0.05, 0) is 12.1 Å². The van der Waals surface area contributed by atoms with Crippen molar-refractivity contribution < 1.29 is 4.92 Å². The number of hydrogen-bond acceptors (Lipinski definition) is 4. The minimum atomic E-state index is -0.954. The summed E-state index contributed by atoms with van der Waals surface area (Å²) in [5.74, 6) is 0. The minimum Gasteiger partial charge on any atom is -0.307 e. The number of benzene rings is 1. The maximum absolute atomic E-state index is 11.7. The molecule has 0 saturated carbocycles. The van der Waals surface area contributed by atoms with Gasteiger partial charge in [-0.25, -0.2) is 9.36 Å². The molecule has 0 aliphatic rings. The van der Waals surface area contributed by atoms with Gasteiger partial charge in [0, 0.05) is 0 Å². The second-order valence-corrected chi connectivity index (χ2v) is 3.21. The van der Waals surface area contributed by atoms with E-state index in [0.29, 0.717) is 0 Å². The Morgan fingerprint density at radius 1 is 1.18 bits per heavy atom. The summed E-state index contributed by atoms with van der Waals surface area (Å²) < 4.78 is 0.720. The van der Waals surface area contributed by atoms with Crippen LogP contribution in [-0.2, 0) is 0 Å². The van der Waals surface area contributed by atoms with Gasteiger partial charge in [0.15, 0.2) is 0 Å². The van der Waals surface area contributed by atoms with Gasteiger partial charge in [-0.15, -0.1) is 0 Å². The molecule has 0 fully saturated rings. The normalized spacial score (nSPS) is 10.1. The maximum atomic E-state index is 11.7. The third kappa shape index (κ3) is 1.85. The van der Waals surface area contributed by atoms with Gasteiger partial charge in [0.2, 0.25) is 0 Å². The molecule has 0 amide bonds. The summed E-state index contributed by atoms with van der Waals surface area (Å²) in [5.41, 5.74) is -2.06. The molecule has 17 heavy (non-hydrogen) atoms. The average molecular weight is 233 g/mol. The zero-order valence-corrected chi connectivity index (χ0v) is 8.49. The van der Waals surface area contributed by atoms with Gasteiger partial charge in [0.25, 0.3) is 0 Å². The zero-order chi connectivity index (χ0) is 12.4. The van der Waals surface area contributed by atoms with Crippen molar-refractivity contribution in [2.24, 2.45) is 0 Å². The zero-order valence-electron chi connectivity index (χ0n) is 8.49. The van der Waals surface area contributed by atoms with E-state index in [1.54, 1.807) is 18.2 Å². The van der Waals surface area contributed by atoms with E-state index in [1.165, 1.54) is 12.1 Å². The molecule has 0 aliphatic carbocycles. The Labute approximate surface area is 94.1 Å². The van der Waals surface area contributed by atoms with Crippen LogP contribution in [0.3, 0.4) is 0 Å². The van der Waals surface area contributed by atoms with Crippen LogP contribution in [-0.4, -0.2) is 14.5 Å². The van der Waals surface area contributed by atoms with Crippen molar-refractivity contribution in [3.63, 3.8) is 0 Å². The molecule has 2 aromatic rings. The van der Waals surface area contributed by atoms with Crippen molar-refractivity contribution in [3.8, 4) is 5.69 Å². The maximum Gasteiger partial charge on any atom is 0.350 e. The Bertz CT molecular complexity index is 672. The quantitative estimate of drug-likeness (QED) is 0.600. The fraction of sp³-hybridized carbons (Fsp3) is 0. The predicted molar refractivity (Wildman–Crippen MR) is 59.3 cm³/mol. The molecule has 1 aromatic heterocycles. The van der Waals surface area contributed by atoms with Crippen LogP contribution in [0.4, 0.5) is 5.69 Å². The minimum absolute atomic E-state index is 0.280. The van der Waals surface area contributed by atoms with Gasteiger partial charge < -0.3 is 4.98 Å². The summed E-state index contributed by atoms with van der Waals surface area (Å²) in [6.07, 6.45) is 0.796. The average Bonchev–Trinajstić information content (AvgIpc) is 2.30. The van der Waals surface area contributed by atoms with Crippen LogP contribution >= 0.6 is 0 Å². The molecule has 7 heteroatoms. The van der Waals surface area contributed by atoms with Gasteiger partial charge in [0.05, 0.1) is 16.8 Å². The Kier molecular flexibility index (Phi) is 2.57. The molecule has 2 rings (SSSR count). The van der Waals surface area contributed by atoms with Crippen LogP contribution in [0, 0.1) is 10.1 Å². The van der Waals surface area contributed by atoms with Crippen LogP contribution in [0.1, 0.15) is 0 Å². The van der Waals surface area contributed by atoms with Gasteiger partial charge in [-0.2, -0.15) is 0 Å². The van der Waals surface area contributed by atoms with E-state index < -0.39 is 21.9 Å². The van der Waals surface area contributed by atoms with Gasteiger partial charge >= 0.3 is 16.9 Å². The highest BCUT2D eigenvalue weighted by atomic mass is 16.6. The van der Waals surface area contributed by atoms with E-state index >= 15 is 0 Å². The number of rotatable bonds is 2. The number of nitro groups is 1. The number of nitrogens with one attached hydrogen (secondary N) is 1. The third-order valence-electron chi connectivity index (χ3n) is 2.17. The van der Waals surface area contributed by atoms with E-state index in [9.17, 15) is 19.7 Å². The van der Waals surface area contributed by atoms with E-state index in [1.807, 2.05) is 0 Å². The summed E-state index contributed by atoms with van der Waals surface area (Å²) >= 11 is 0. The van der Waals surface area contributed by atoms with Crippen LogP contribution in [0.25, 0.3) is 5.69 Å². The first-order valence-electron chi connectivity index (χ1n) is 4.66. The number of hydrogen-bond donors (Lipinski definition) is 1. The molecule has 1 aromatic carbocycles. The van der Waals surface area contributed by atoms with Gasteiger partial charge in [-0.1, -0.05) is 18.2 Å². The van der Waals surface area contributed by atoms with E-state index in [4.69, 9.17) is 0 Å². The van der Waals surface area contributed by atoms with E-state index in [2.05, 4.69) is 4.98 Å². The molecule has 0 bridgehead atoms. The predicted octanol–water partition coefficient (Wildman–Crippen LogP) is 0.434. The molecular formula is C10H7N3O4. The Hall–Kier alpha value is -2.70. The number of nitrogens with zero attached hydrogens (tertiary/aromatic N) is 2. The highest BCUT2D eigenvalue weighted by Crippen LogP contribution is 2.03. The van der Waals surface area contributed by atoms with Gasteiger partial charge in [0.1, 0.15) is 0 Å². The summed E-state index contributed by atoms with van der Waals surface area (Å²) in [7, 11) is 0. The second kappa shape index (κ2) is 4.05. The Morgan fingerprint density at radius 3 is 2.41 bits per heavy atom. The lowest BCUT2D eigenvalue weighted by Gasteiger charge is -2.02. The van der Waals surface area contributed by atoms with E-state index in [0.717, 1.165) is 10.8 Å². The first-order chi connectivity index (χ1) is 8.11. The number of H-pyrrole nitrogens is 1. The number of aromatic amines is 1. The number of para-hydroxylation sites is 1. The van der Waals surface area contributed by atoms with Crippen molar-refractivity contribution >= 4 is 5.69 Å². The molecule has 1 heterocycles.